The van der Waals surface area contributed by atoms with E-state index in [-0.39, 0.29) is 18.0 Å². The van der Waals surface area contributed by atoms with Crippen molar-refractivity contribution in [2.45, 2.75) is 70.4 Å². The lowest BCUT2D eigenvalue weighted by molar-refractivity contribution is -0.126. The Labute approximate surface area is 203 Å². The van der Waals surface area contributed by atoms with Crippen molar-refractivity contribution >= 4 is 17.5 Å². The zero-order chi connectivity index (χ0) is 23.2. The molecule has 33 heavy (non-hydrogen) atoms. The molecule has 0 aromatic heterocycles. The van der Waals surface area contributed by atoms with E-state index < -0.39 is 0 Å². The highest BCUT2D eigenvalue weighted by atomic mass is 35.5. The van der Waals surface area contributed by atoms with Crippen LogP contribution < -0.4 is 10.6 Å². The molecule has 6 heteroatoms. The van der Waals surface area contributed by atoms with Gasteiger partial charge < -0.3 is 10.6 Å². The average Bonchev–Trinajstić information content (AvgIpc) is 3.19. The Bertz CT molecular complexity index is 898. The molecule has 4 rings (SSSR count). The van der Waals surface area contributed by atoms with Gasteiger partial charge in [0.2, 0.25) is 5.91 Å². The molecule has 2 fully saturated rings. The first-order valence-corrected chi connectivity index (χ1v) is 12.7. The van der Waals surface area contributed by atoms with E-state index in [1.807, 2.05) is 32.0 Å². The maximum atomic E-state index is 13.0. The molecule has 2 aromatic rings. The van der Waals surface area contributed by atoms with Crippen LogP contribution >= 0.6 is 11.6 Å². The summed E-state index contributed by atoms with van der Waals surface area (Å²) < 4.78 is 0. The Morgan fingerprint density at radius 3 is 2.39 bits per heavy atom. The largest absolute Gasteiger partial charge is 0.353 e. The number of piperidine rings is 1. The molecule has 0 bridgehead atoms. The number of amides is 1. The van der Waals surface area contributed by atoms with E-state index in [1.165, 1.54) is 5.56 Å². The van der Waals surface area contributed by atoms with Gasteiger partial charge in [0, 0.05) is 42.8 Å². The second-order valence-electron chi connectivity index (χ2n) is 9.84. The Hall–Kier alpha value is -1.92. The van der Waals surface area contributed by atoms with E-state index in [4.69, 9.17) is 11.6 Å². The minimum atomic E-state index is -0.126. The zero-order valence-electron chi connectivity index (χ0n) is 19.8. The maximum absolute atomic E-state index is 13.0. The van der Waals surface area contributed by atoms with E-state index in [0.717, 1.165) is 56.0 Å². The van der Waals surface area contributed by atoms with E-state index >= 15 is 0 Å². The van der Waals surface area contributed by atoms with Crippen LogP contribution in [0.2, 0.25) is 5.02 Å². The number of nitrogens with zero attached hydrogens (tertiary/aromatic N) is 2. The van der Waals surface area contributed by atoms with Gasteiger partial charge in [-0.3, -0.25) is 14.6 Å². The molecule has 2 N–H and O–H groups in total. The van der Waals surface area contributed by atoms with Crippen molar-refractivity contribution in [2.75, 3.05) is 19.6 Å². The molecule has 2 atom stereocenters. The second-order valence-corrected chi connectivity index (χ2v) is 10.2. The van der Waals surface area contributed by atoms with Gasteiger partial charge in [0.1, 0.15) is 0 Å². The third kappa shape index (κ3) is 6.80. The Morgan fingerprint density at radius 1 is 1.00 bits per heavy atom. The predicted molar refractivity (Wildman–Crippen MR) is 135 cm³/mol. The summed E-state index contributed by atoms with van der Waals surface area (Å²) in [5.74, 6) is 0.124. The van der Waals surface area contributed by atoms with Crippen molar-refractivity contribution in [3.05, 3.63) is 70.7 Å². The maximum Gasteiger partial charge on any atom is 0.237 e. The van der Waals surface area contributed by atoms with Gasteiger partial charge in [-0.1, -0.05) is 60.1 Å². The van der Waals surface area contributed by atoms with Crippen LogP contribution in [-0.4, -0.2) is 59.5 Å². The summed E-state index contributed by atoms with van der Waals surface area (Å²) in [4.78, 5) is 17.8. The summed E-state index contributed by atoms with van der Waals surface area (Å²) in [5, 5.41) is 7.78. The molecule has 0 saturated carbocycles. The minimum absolute atomic E-state index is 0.124. The third-order valence-electron chi connectivity index (χ3n) is 6.78. The molecule has 2 aromatic carbocycles. The highest BCUT2D eigenvalue weighted by Gasteiger charge is 2.38. The van der Waals surface area contributed by atoms with Crippen LogP contribution in [0.1, 0.15) is 44.2 Å². The number of hydrogen-bond acceptors (Lipinski definition) is 4. The van der Waals surface area contributed by atoms with Gasteiger partial charge in [0.15, 0.2) is 0 Å². The van der Waals surface area contributed by atoms with Crippen LogP contribution in [0.5, 0.6) is 0 Å². The summed E-state index contributed by atoms with van der Waals surface area (Å²) in [6.07, 6.45) is 3.14. The molecular formula is C27H37ClN4O. The van der Waals surface area contributed by atoms with E-state index in [1.54, 1.807) is 0 Å². The molecule has 0 unspecified atom stereocenters. The lowest BCUT2D eigenvalue weighted by Crippen LogP contribution is -2.46. The van der Waals surface area contributed by atoms with Gasteiger partial charge in [-0.15, -0.1) is 0 Å². The standard InChI is InChI=1S/C27H37ClN4O/c1-20(2)29-27(33)26-16-24(19-32(26)18-22-10-6-7-11-25(22)28)30-23-12-14-31(15-13-23)17-21-8-4-3-5-9-21/h3-11,20,23-24,26,30H,12-19H2,1-2H3,(H,29,33)/t24-,26+/m1/s1. The van der Waals surface area contributed by atoms with E-state index in [2.05, 4.69) is 56.8 Å². The number of carbonyl (C=O) groups excluding carboxylic acids is 1. The van der Waals surface area contributed by atoms with E-state index in [0.29, 0.717) is 18.6 Å². The summed E-state index contributed by atoms with van der Waals surface area (Å²) in [6.45, 7) is 8.85. The number of halogens is 1. The van der Waals surface area contributed by atoms with Crippen molar-refractivity contribution < 1.29 is 4.79 Å². The molecule has 0 aliphatic carbocycles. The normalized spacial score (nSPS) is 22.7. The van der Waals surface area contributed by atoms with Crippen molar-refractivity contribution in [3.63, 3.8) is 0 Å². The monoisotopic (exact) mass is 468 g/mol. The fourth-order valence-corrected chi connectivity index (χ4v) is 5.33. The number of likely N-dealkylation sites (tertiary alicyclic amines) is 2. The van der Waals surface area contributed by atoms with Crippen LogP contribution in [-0.2, 0) is 17.9 Å². The third-order valence-corrected chi connectivity index (χ3v) is 7.15. The molecule has 2 heterocycles. The lowest BCUT2D eigenvalue weighted by Gasteiger charge is -2.34. The molecule has 0 radical (unpaired) electrons. The SMILES string of the molecule is CC(C)NC(=O)[C@@H]1C[C@@H](NC2CCN(Cc3ccccc3)CC2)CN1Cc1ccccc1Cl. The molecule has 178 valence electrons. The van der Waals surface area contributed by atoms with Crippen LogP contribution in [0.4, 0.5) is 0 Å². The molecule has 0 spiro atoms. The number of rotatable bonds is 8. The number of carbonyl (C=O) groups is 1. The Morgan fingerprint density at radius 2 is 1.70 bits per heavy atom. The average molecular weight is 469 g/mol. The van der Waals surface area contributed by atoms with Crippen molar-refractivity contribution in [2.24, 2.45) is 0 Å². The van der Waals surface area contributed by atoms with Gasteiger partial charge in [0.05, 0.1) is 6.04 Å². The lowest BCUT2D eigenvalue weighted by atomic mass is 10.0. The first kappa shape index (κ1) is 24.2. The Balaban J connectivity index is 1.33. The topological polar surface area (TPSA) is 47.6 Å². The predicted octanol–water partition coefficient (Wildman–Crippen LogP) is 4.06. The smallest absolute Gasteiger partial charge is 0.237 e. The number of benzene rings is 2. The van der Waals surface area contributed by atoms with Crippen LogP contribution in [0.25, 0.3) is 0 Å². The van der Waals surface area contributed by atoms with Crippen LogP contribution in [0, 0.1) is 0 Å². The molecule has 2 aliphatic heterocycles. The fraction of sp³-hybridized carbons (Fsp3) is 0.519. The molecule has 2 aliphatic rings. The molecule has 5 nitrogen and oxygen atoms in total. The number of hydrogen-bond donors (Lipinski definition) is 2. The van der Waals surface area contributed by atoms with Crippen molar-refractivity contribution in [1.29, 1.82) is 0 Å². The first-order chi connectivity index (χ1) is 16.0. The van der Waals surface area contributed by atoms with Crippen LogP contribution in [0.15, 0.2) is 54.6 Å². The summed E-state index contributed by atoms with van der Waals surface area (Å²) in [5.41, 5.74) is 2.46. The summed E-state index contributed by atoms with van der Waals surface area (Å²) in [6, 6.07) is 19.5. The van der Waals surface area contributed by atoms with Gasteiger partial charge in [-0.05, 0) is 63.4 Å². The van der Waals surface area contributed by atoms with Gasteiger partial charge in [-0.2, -0.15) is 0 Å². The summed E-state index contributed by atoms with van der Waals surface area (Å²) >= 11 is 6.43. The van der Waals surface area contributed by atoms with Gasteiger partial charge >= 0.3 is 0 Å². The second kappa shape index (κ2) is 11.5. The highest BCUT2D eigenvalue weighted by molar-refractivity contribution is 6.31. The summed E-state index contributed by atoms with van der Waals surface area (Å²) in [7, 11) is 0. The van der Waals surface area contributed by atoms with Gasteiger partial charge in [0.25, 0.3) is 0 Å². The van der Waals surface area contributed by atoms with Crippen molar-refractivity contribution in [1.82, 2.24) is 20.4 Å². The molecule has 1 amide bonds. The van der Waals surface area contributed by atoms with E-state index in [9.17, 15) is 4.79 Å². The van der Waals surface area contributed by atoms with Crippen LogP contribution in [0.3, 0.4) is 0 Å². The quantitative estimate of drug-likeness (QED) is 0.613. The fourth-order valence-electron chi connectivity index (χ4n) is 5.13. The first-order valence-electron chi connectivity index (χ1n) is 12.3. The van der Waals surface area contributed by atoms with Crippen molar-refractivity contribution in [3.8, 4) is 0 Å². The Kier molecular flexibility index (Phi) is 8.42. The van der Waals surface area contributed by atoms with Gasteiger partial charge in [-0.25, -0.2) is 0 Å². The highest BCUT2D eigenvalue weighted by Crippen LogP contribution is 2.26. The molecular weight excluding hydrogens is 432 g/mol. The zero-order valence-corrected chi connectivity index (χ0v) is 20.6. The minimum Gasteiger partial charge on any atom is -0.353 e. The molecule has 2 saturated heterocycles. The number of nitrogens with one attached hydrogen (secondary N) is 2.